The summed E-state index contributed by atoms with van der Waals surface area (Å²) in [6.07, 6.45) is 0.452. The van der Waals surface area contributed by atoms with Gasteiger partial charge >= 0.3 is 12.1 Å². The van der Waals surface area contributed by atoms with Gasteiger partial charge in [0.15, 0.2) is 11.5 Å². The van der Waals surface area contributed by atoms with Crippen molar-refractivity contribution in [2.45, 2.75) is 6.42 Å². The quantitative estimate of drug-likeness (QED) is 0.842. The number of hydrogen-bond acceptors (Lipinski definition) is 6. The van der Waals surface area contributed by atoms with Gasteiger partial charge in [0.05, 0.1) is 19.4 Å². The highest BCUT2D eigenvalue weighted by Gasteiger charge is 2.20. The van der Waals surface area contributed by atoms with Crippen molar-refractivity contribution in [2.75, 3.05) is 45.5 Å². The van der Waals surface area contributed by atoms with Gasteiger partial charge in [0.1, 0.15) is 5.75 Å². The Bertz CT molecular complexity index is 636. The maximum Gasteiger partial charge on any atom is 0.409 e. The van der Waals surface area contributed by atoms with Gasteiger partial charge in [-0.25, -0.2) is 9.59 Å². The predicted molar refractivity (Wildman–Crippen MR) is 83.7 cm³/mol. The first-order chi connectivity index (χ1) is 11.7. The topological polar surface area (TPSA) is 98.4 Å². The Kier molecular flexibility index (Phi) is 4.78. The van der Waals surface area contributed by atoms with Crippen LogP contribution in [0.4, 0.5) is 15.3 Å². The molecule has 1 fully saturated rings. The first-order valence-corrected chi connectivity index (χ1v) is 7.61. The molecule has 3 amide bonds. The molecule has 2 N–H and O–H groups in total. The lowest BCUT2D eigenvalue weighted by Crippen LogP contribution is -2.43. The molecule has 2 heterocycles. The van der Waals surface area contributed by atoms with Crippen LogP contribution in [0.3, 0.4) is 0 Å². The Morgan fingerprint density at radius 2 is 2.08 bits per heavy atom. The van der Waals surface area contributed by atoms with Gasteiger partial charge in [0, 0.05) is 31.8 Å². The van der Waals surface area contributed by atoms with E-state index in [1.165, 1.54) is 7.11 Å². The Labute approximate surface area is 138 Å². The molecule has 9 nitrogen and oxygen atoms in total. The summed E-state index contributed by atoms with van der Waals surface area (Å²) >= 11 is 0. The molecule has 0 bridgehead atoms. The number of rotatable bonds is 5. The third-order valence-electron chi connectivity index (χ3n) is 3.67. The number of carbonyl (C=O) groups is 2. The van der Waals surface area contributed by atoms with E-state index >= 15 is 0 Å². The third kappa shape index (κ3) is 3.55. The van der Waals surface area contributed by atoms with Gasteiger partial charge in [-0.2, -0.15) is 0 Å². The molecule has 0 radical (unpaired) electrons. The van der Waals surface area contributed by atoms with Crippen molar-refractivity contribution in [3.05, 3.63) is 12.1 Å². The first kappa shape index (κ1) is 16.0. The van der Waals surface area contributed by atoms with Gasteiger partial charge in [0.2, 0.25) is 6.79 Å². The number of amides is 3. The lowest BCUT2D eigenvalue weighted by Gasteiger charge is -2.26. The van der Waals surface area contributed by atoms with Gasteiger partial charge in [-0.1, -0.05) is 0 Å². The van der Waals surface area contributed by atoms with Crippen molar-refractivity contribution in [3.8, 4) is 17.2 Å². The monoisotopic (exact) mass is 337 g/mol. The Morgan fingerprint density at radius 1 is 1.29 bits per heavy atom. The lowest BCUT2D eigenvalue weighted by molar-refractivity contribution is 0.0736. The average molecular weight is 337 g/mol. The van der Waals surface area contributed by atoms with E-state index < -0.39 is 6.03 Å². The molecule has 0 aliphatic carbocycles. The van der Waals surface area contributed by atoms with Crippen LogP contribution in [0.5, 0.6) is 17.2 Å². The number of cyclic esters (lactones) is 1. The summed E-state index contributed by atoms with van der Waals surface area (Å²) in [5.74, 6) is 1.58. The van der Waals surface area contributed by atoms with E-state index in [0.29, 0.717) is 49.2 Å². The van der Waals surface area contributed by atoms with Gasteiger partial charge in [-0.15, -0.1) is 0 Å². The molecule has 24 heavy (non-hydrogen) atoms. The zero-order valence-corrected chi connectivity index (χ0v) is 13.3. The number of benzene rings is 1. The molecular weight excluding hydrogens is 318 g/mol. The zero-order chi connectivity index (χ0) is 16.9. The summed E-state index contributed by atoms with van der Waals surface area (Å²) in [5.41, 5.74) is 0.469. The summed E-state index contributed by atoms with van der Waals surface area (Å²) in [7, 11) is 1.50. The van der Waals surface area contributed by atoms with Crippen LogP contribution in [0.15, 0.2) is 12.1 Å². The van der Waals surface area contributed by atoms with Crippen LogP contribution in [0.25, 0.3) is 0 Å². The smallest absolute Gasteiger partial charge is 0.409 e. The molecule has 130 valence electrons. The minimum absolute atomic E-state index is 0.139. The molecular formula is C15H19N3O6. The molecule has 3 rings (SSSR count). The maximum absolute atomic E-state index is 12.0. The van der Waals surface area contributed by atoms with Crippen molar-refractivity contribution in [3.63, 3.8) is 0 Å². The third-order valence-corrected chi connectivity index (χ3v) is 3.67. The first-order valence-electron chi connectivity index (χ1n) is 7.61. The van der Waals surface area contributed by atoms with E-state index in [-0.39, 0.29) is 12.9 Å². The fourth-order valence-electron chi connectivity index (χ4n) is 2.46. The van der Waals surface area contributed by atoms with Crippen LogP contribution in [0, 0.1) is 0 Å². The van der Waals surface area contributed by atoms with Crippen LogP contribution in [0.1, 0.15) is 6.42 Å². The van der Waals surface area contributed by atoms with E-state index in [1.54, 1.807) is 17.0 Å². The normalized spacial score (nSPS) is 15.7. The zero-order valence-electron chi connectivity index (χ0n) is 13.3. The predicted octanol–water partition coefficient (Wildman–Crippen LogP) is 1.39. The summed E-state index contributed by atoms with van der Waals surface area (Å²) in [4.78, 5) is 25.1. The van der Waals surface area contributed by atoms with Crippen molar-refractivity contribution in [1.29, 1.82) is 0 Å². The number of fused-ring (bicyclic) bond motifs is 1. The largest absolute Gasteiger partial charge is 0.494 e. The van der Waals surface area contributed by atoms with Crippen LogP contribution < -0.4 is 24.8 Å². The van der Waals surface area contributed by atoms with Crippen molar-refractivity contribution in [1.82, 2.24) is 10.2 Å². The van der Waals surface area contributed by atoms with E-state index in [4.69, 9.17) is 18.9 Å². The number of urea groups is 1. The SMILES string of the molecule is COc1cc2c(cc1NC(=O)NCCN1CCCOC1=O)OCO2. The van der Waals surface area contributed by atoms with Crippen LogP contribution in [0.2, 0.25) is 0 Å². The average Bonchev–Trinajstić information content (AvgIpc) is 3.03. The number of carbonyl (C=O) groups excluding carboxylic acids is 2. The molecule has 1 saturated heterocycles. The number of nitrogens with zero attached hydrogens (tertiary/aromatic N) is 1. The van der Waals surface area contributed by atoms with Gasteiger partial charge in [0.25, 0.3) is 0 Å². The molecule has 0 saturated carbocycles. The van der Waals surface area contributed by atoms with Gasteiger partial charge < -0.3 is 34.5 Å². The molecule has 2 aliphatic rings. The standard InChI is InChI=1S/C15H19N3O6/c1-21-11-8-13-12(23-9-24-13)7-10(11)17-14(19)16-3-5-18-4-2-6-22-15(18)20/h7-8H,2-6,9H2,1H3,(H2,16,17,19). The molecule has 1 aromatic carbocycles. The minimum atomic E-state index is -0.405. The van der Waals surface area contributed by atoms with E-state index in [9.17, 15) is 9.59 Å². The fourth-order valence-corrected chi connectivity index (χ4v) is 2.46. The number of ether oxygens (including phenoxy) is 4. The minimum Gasteiger partial charge on any atom is -0.494 e. The second-order valence-corrected chi connectivity index (χ2v) is 5.24. The number of anilines is 1. The van der Waals surface area contributed by atoms with E-state index in [0.717, 1.165) is 6.42 Å². The number of hydrogen-bond donors (Lipinski definition) is 2. The maximum atomic E-state index is 12.0. The Hall–Kier alpha value is -2.84. The van der Waals surface area contributed by atoms with Gasteiger partial charge in [-0.05, 0) is 6.42 Å². The van der Waals surface area contributed by atoms with Crippen LogP contribution >= 0.6 is 0 Å². The van der Waals surface area contributed by atoms with Crippen LogP contribution in [-0.4, -0.2) is 57.2 Å². The summed E-state index contributed by atoms with van der Waals surface area (Å²) in [6, 6.07) is 2.89. The number of methoxy groups -OCH3 is 1. The van der Waals surface area contributed by atoms with Gasteiger partial charge in [-0.3, -0.25) is 0 Å². The second-order valence-electron chi connectivity index (χ2n) is 5.24. The Morgan fingerprint density at radius 3 is 2.83 bits per heavy atom. The highest BCUT2D eigenvalue weighted by molar-refractivity contribution is 5.91. The molecule has 0 atom stereocenters. The Balaban J connectivity index is 1.52. The summed E-state index contributed by atoms with van der Waals surface area (Å²) < 4.78 is 20.7. The van der Waals surface area contributed by atoms with Crippen LogP contribution in [-0.2, 0) is 4.74 Å². The highest BCUT2D eigenvalue weighted by atomic mass is 16.7. The van der Waals surface area contributed by atoms with Crippen molar-refractivity contribution < 1.29 is 28.5 Å². The highest BCUT2D eigenvalue weighted by Crippen LogP contribution is 2.40. The fraction of sp³-hybridized carbons (Fsp3) is 0.467. The second kappa shape index (κ2) is 7.16. The van der Waals surface area contributed by atoms with E-state index in [1.807, 2.05) is 0 Å². The molecule has 2 aliphatic heterocycles. The van der Waals surface area contributed by atoms with E-state index in [2.05, 4.69) is 10.6 Å². The number of nitrogens with one attached hydrogen (secondary N) is 2. The molecule has 9 heteroatoms. The summed E-state index contributed by atoms with van der Waals surface area (Å²) in [5, 5.41) is 5.39. The molecule has 0 unspecified atom stereocenters. The van der Waals surface area contributed by atoms with Crippen molar-refractivity contribution >= 4 is 17.8 Å². The molecule has 1 aromatic rings. The molecule has 0 aromatic heterocycles. The molecule has 0 spiro atoms. The summed E-state index contributed by atoms with van der Waals surface area (Å²) in [6.45, 7) is 1.93. The van der Waals surface area contributed by atoms with Crippen molar-refractivity contribution in [2.24, 2.45) is 0 Å². The lowest BCUT2D eigenvalue weighted by atomic mass is 10.2.